The van der Waals surface area contributed by atoms with Crippen molar-refractivity contribution in [2.45, 2.75) is 36.2 Å². The minimum Gasteiger partial charge on any atom is -0.496 e. The van der Waals surface area contributed by atoms with Gasteiger partial charge in [0.25, 0.3) is 0 Å². The van der Waals surface area contributed by atoms with E-state index in [9.17, 15) is 5.11 Å². The van der Waals surface area contributed by atoms with Crippen molar-refractivity contribution >= 4 is 0 Å². The highest BCUT2D eigenvalue weighted by molar-refractivity contribution is 5.57. The average molecular weight is 329 g/mol. The number of aliphatic hydroxyl groups is 1. The first-order valence-electron chi connectivity index (χ1n) is 8.52. The molecular formula is C18H19NO5. The van der Waals surface area contributed by atoms with Gasteiger partial charge in [0.2, 0.25) is 12.6 Å². The Morgan fingerprint density at radius 1 is 1.25 bits per heavy atom. The molecule has 5 aliphatic heterocycles. The van der Waals surface area contributed by atoms with E-state index in [0.717, 1.165) is 48.6 Å². The summed E-state index contributed by atoms with van der Waals surface area (Å²) in [5.41, 5.74) is 1.97. The first-order valence-corrected chi connectivity index (χ1v) is 8.52. The van der Waals surface area contributed by atoms with Crippen LogP contribution in [-0.2, 0) is 9.47 Å². The fourth-order valence-corrected chi connectivity index (χ4v) is 5.50. The molecule has 5 heterocycles. The van der Waals surface area contributed by atoms with Crippen LogP contribution >= 0.6 is 0 Å². The van der Waals surface area contributed by atoms with E-state index in [2.05, 4.69) is 11.0 Å². The molecule has 6 nitrogen and oxygen atoms in total. The Morgan fingerprint density at radius 2 is 2.04 bits per heavy atom. The summed E-state index contributed by atoms with van der Waals surface area (Å²) in [6.45, 7) is 2.04. The third-order valence-corrected chi connectivity index (χ3v) is 6.38. The van der Waals surface area contributed by atoms with Gasteiger partial charge in [-0.25, -0.2) is 0 Å². The van der Waals surface area contributed by atoms with Gasteiger partial charge in [-0.2, -0.15) is 0 Å². The summed E-state index contributed by atoms with van der Waals surface area (Å²) in [6.07, 6.45) is 4.01. The molecule has 0 amide bonds. The summed E-state index contributed by atoms with van der Waals surface area (Å²) < 4.78 is 22.9. The molecule has 4 atom stereocenters. The largest absolute Gasteiger partial charge is 0.496 e. The molecule has 1 aromatic carbocycles. The summed E-state index contributed by atoms with van der Waals surface area (Å²) in [4.78, 5) is 2.46. The number of hydrogen-bond donors (Lipinski definition) is 1. The van der Waals surface area contributed by atoms with E-state index in [1.807, 2.05) is 12.1 Å². The van der Waals surface area contributed by atoms with Crippen LogP contribution in [0.5, 0.6) is 11.5 Å². The van der Waals surface area contributed by atoms with Crippen LogP contribution < -0.4 is 9.47 Å². The van der Waals surface area contributed by atoms with Crippen LogP contribution in [-0.4, -0.2) is 48.3 Å². The fraction of sp³-hybridized carbons (Fsp3) is 0.556. The van der Waals surface area contributed by atoms with E-state index in [1.54, 1.807) is 7.11 Å². The smallest absolute Gasteiger partial charge is 0.234 e. The summed E-state index contributed by atoms with van der Waals surface area (Å²) in [7, 11) is 1.61. The Morgan fingerprint density at radius 3 is 2.83 bits per heavy atom. The van der Waals surface area contributed by atoms with E-state index in [-0.39, 0.29) is 24.4 Å². The van der Waals surface area contributed by atoms with Gasteiger partial charge in [0.1, 0.15) is 0 Å². The van der Waals surface area contributed by atoms with Crippen molar-refractivity contribution in [3.63, 3.8) is 0 Å². The van der Waals surface area contributed by atoms with Crippen molar-refractivity contribution in [1.82, 2.24) is 4.90 Å². The van der Waals surface area contributed by atoms with Gasteiger partial charge in [0.05, 0.1) is 24.7 Å². The zero-order valence-corrected chi connectivity index (χ0v) is 13.4. The number of nitrogens with zero attached hydrogens (tertiary/aromatic N) is 1. The van der Waals surface area contributed by atoms with Crippen LogP contribution in [0.3, 0.4) is 0 Å². The molecule has 7 rings (SSSR count). The highest BCUT2D eigenvalue weighted by Gasteiger charge is 2.68. The Labute approximate surface area is 139 Å². The molecule has 0 radical (unpaired) electrons. The van der Waals surface area contributed by atoms with Gasteiger partial charge in [-0.05, 0) is 48.7 Å². The maximum Gasteiger partial charge on any atom is 0.234 e. The van der Waals surface area contributed by atoms with Crippen molar-refractivity contribution in [3.8, 4) is 11.5 Å². The monoisotopic (exact) mass is 329 g/mol. The molecule has 0 aromatic heterocycles. The second kappa shape index (κ2) is 4.07. The summed E-state index contributed by atoms with van der Waals surface area (Å²) in [6, 6.07) is 4.07. The summed E-state index contributed by atoms with van der Waals surface area (Å²) in [5, 5.41) is 11.5. The predicted octanol–water partition coefficient (Wildman–Crippen LogP) is 1.65. The molecule has 0 saturated carbocycles. The number of ether oxygens (including phenoxy) is 4. The molecule has 24 heavy (non-hydrogen) atoms. The number of fused-ring (bicyclic) bond motifs is 1. The molecule has 126 valence electrons. The average Bonchev–Trinajstić information content (AvgIpc) is 3.20. The maximum absolute atomic E-state index is 11.5. The molecule has 4 bridgehead atoms. The lowest BCUT2D eigenvalue weighted by atomic mass is 9.75. The predicted molar refractivity (Wildman–Crippen MR) is 82.7 cm³/mol. The molecule has 6 heteroatoms. The van der Waals surface area contributed by atoms with Crippen LogP contribution in [0.1, 0.15) is 36.0 Å². The highest BCUT2D eigenvalue weighted by atomic mass is 16.7. The van der Waals surface area contributed by atoms with Gasteiger partial charge in [-0.15, -0.1) is 0 Å². The molecule has 6 aliphatic rings. The number of hydrogen-bond acceptors (Lipinski definition) is 6. The van der Waals surface area contributed by atoms with Crippen molar-refractivity contribution in [1.29, 1.82) is 0 Å². The standard InChI is InChI=1S/C18H19NO5/c1-21-15-7-17-3-2-4-19(17)8-14-10-5-12-13(23-9-22-12)6-11(10)16(17)18(15,20)24-14/h5-7,14,16,20H,2-4,8-9H2,1H3/t14-,16-,17-,18-/m0/s1. The molecule has 0 unspecified atom stereocenters. The zero-order valence-electron chi connectivity index (χ0n) is 13.4. The van der Waals surface area contributed by atoms with Crippen LogP contribution in [0, 0.1) is 0 Å². The first-order chi connectivity index (χ1) is 11.7. The first kappa shape index (κ1) is 13.5. The minimum atomic E-state index is -1.40. The molecule has 1 N–H and O–H groups in total. The lowest BCUT2D eigenvalue weighted by Gasteiger charge is -2.42. The number of benzene rings is 1. The van der Waals surface area contributed by atoms with Crippen molar-refractivity contribution < 1.29 is 24.1 Å². The van der Waals surface area contributed by atoms with E-state index < -0.39 is 5.79 Å². The Bertz CT molecular complexity index is 792. The van der Waals surface area contributed by atoms with Crippen molar-refractivity contribution in [3.05, 3.63) is 35.1 Å². The SMILES string of the molecule is COC1=C[C@]23CCCN2C[C@@H]2O[C@]1(O)[C@H]3c1cc3c(cc12)OCO3. The molecule has 1 aromatic rings. The van der Waals surface area contributed by atoms with Gasteiger partial charge >= 0.3 is 0 Å². The second-order valence-electron chi connectivity index (χ2n) is 7.32. The van der Waals surface area contributed by atoms with Crippen LogP contribution in [0.25, 0.3) is 0 Å². The fourth-order valence-electron chi connectivity index (χ4n) is 5.50. The molecule has 1 aliphatic carbocycles. The van der Waals surface area contributed by atoms with E-state index in [0.29, 0.717) is 5.76 Å². The third kappa shape index (κ3) is 1.32. The molecule has 2 saturated heterocycles. The van der Waals surface area contributed by atoms with Gasteiger partial charge in [0.15, 0.2) is 17.3 Å². The molecule has 2 fully saturated rings. The van der Waals surface area contributed by atoms with Crippen molar-refractivity contribution in [2.24, 2.45) is 0 Å². The zero-order chi connectivity index (χ0) is 16.1. The topological polar surface area (TPSA) is 60.4 Å². The third-order valence-electron chi connectivity index (χ3n) is 6.38. The van der Waals surface area contributed by atoms with E-state index in [1.165, 1.54) is 0 Å². The summed E-state index contributed by atoms with van der Waals surface area (Å²) >= 11 is 0. The highest BCUT2D eigenvalue weighted by Crippen LogP contribution is 2.64. The Balaban J connectivity index is 1.65. The van der Waals surface area contributed by atoms with Gasteiger partial charge in [-0.1, -0.05) is 0 Å². The number of methoxy groups -OCH3 is 1. The van der Waals surface area contributed by atoms with Gasteiger partial charge < -0.3 is 24.1 Å². The van der Waals surface area contributed by atoms with E-state index >= 15 is 0 Å². The molecule has 1 spiro atoms. The normalized spacial score (nSPS) is 41.0. The Hall–Kier alpha value is -1.76. The quantitative estimate of drug-likeness (QED) is 0.845. The van der Waals surface area contributed by atoms with Gasteiger partial charge in [0, 0.05) is 6.54 Å². The van der Waals surface area contributed by atoms with Crippen LogP contribution in [0.4, 0.5) is 0 Å². The van der Waals surface area contributed by atoms with Crippen molar-refractivity contribution in [2.75, 3.05) is 27.0 Å². The van der Waals surface area contributed by atoms with E-state index in [4.69, 9.17) is 18.9 Å². The maximum atomic E-state index is 11.5. The van der Waals surface area contributed by atoms with Crippen LogP contribution in [0.2, 0.25) is 0 Å². The lowest BCUT2D eigenvalue weighted by Crippen LogP contribution is -2.50. The summed E-state index contributed by atoms with van der Waals surface area (Å²) in [5.74, 6) is 0.447. The minimum absolute atomic E-state index is 0.199. The second-order valence-corrected chi connectivity index (χ2v) is 7.32. The van der Waals surface area contributed by atoms with Gasteiger partial charge in [-0.3, -0.25) is 4.90 Å². The molecular weight excluding hydrogens is 310 g/mol. The Kier molecular flexibility index (Phi) is 2.29. The van der Waals surface area contributed by atoms with Crippen LogP contribution in [0.15, 0.2) is 24.0 Å². The lowest BCUT2D eigenvalue weighted by molar-refractivity contribution is -0.237. The number of rotatable bonds is 1.